The molecule has 0 atom stereocenters. The lowest BCUT2D eigenvalue weighted by atomic mass is 10.2. The molecule has 4 aromatic rings. The Kier molecular flexibility index (Phi) is 4.67. The Hall–Kier alpha value is -3.81. The first-order chi connectivity index (χ1) is 13.7. The molecular formula is C20H19N5O3. The summed E-state index contributed by atoms with van der Waals surface area (Å²) in [6, 6.07) is 11.2. The van der Waals surface area contributed by atoms with Crippen molar-refractivity contribution in [1.82, 2.24) is 19.6 Å². The first-order valence-electron chi connectivity index (χ1n) is 8.60. The van der Waals surface area contributed by atoms with Crippen LogP contribution in [0.2, 0.25) is 0 Å². The fraction of sp³-hybridized carbons (Fsp3) is 0.150. The van der Waals surface area contributed by atoms with Crippen LogP contribution in [0.5, 0.6) is 11.5 Å². The molecule has 0 aliphatic rings. The lowest BCUT2D eigenvalue weighted by molar-refractivity contribution is 0.354. The third-order valence-electron chi connectivity index (χ3n) is 4.19. The number of benzene rings is 1. The Morgan fingerprint density at radius 1 is 1.14 bits per heavy atom. The Labute approximate surface area is 161 Å². The van der Waals surface area contributed by atoms with Crippen LogP contribution in [0.4, 0.5) is 5.95 Å². The average Bonchev–Trinajstić information content (AvgIpc) is 3.41. The van der Waals surface area contributed by atoms with E-state index in [2.05, 4.69) is 27.0 Å². The molecule has 142 valence electrons. The molecule has 0 saturated heterocycles. The van der Waals surface area contributed by atoms with E-state index in [1.165, 1.54) is 0 Å². The topological polar surface area (TPSA) is 86.7 Å². The Bertz CT molecular complexity index is 1120. The van der Waals surface area contributed by atoms with Crippen molar-refractivity contribution in [3.8, 4) is 23.1 Å². The molecule has 3 heterocycles. The molecule has 1 aromatic carbocycles. The molecule has 0 aliphatic heterocycles. The van der Waals surface area contributed by atoms with Crippen LogP contribution in [0.1, 0.15) is 11.3 Å². The first kappa shape index (κ1) is 17.6. The Balaban J connectivity index is 1.67. The normalized spacial score (nSPS) is 10.8. The molecule has 1 N–H and O–H groups in total. The maximum Gasteiger partial charge on any atom is 0.226 e. The summed E-state index contributed by atoms with van der Waals surface area (Å²) in [6.07, 6.45) is 3.26. The van der Waals surface area contributed by atoms with E-state index in [0.717, 1.165) is 5.56 Å². The predicted molar refractivity (Wildman–Crippen MR) is 105 cm³/mol. The van der Waals surface area contributed by atoms with Crippen LogP contribution >= 0.6 is 0 Å². The minimum Gasteiger partial charge on any atom is -0.493 e. The summed E-state index contributed by atoms with van der Waals surface area (Å²) in [5, 5.41) is 7.81. The predicted octanol–water partition coefficient (Wildman–Crippen LogP) is 3.66. The summed E-state index contributed by atoms with van der Waals surface area (Å²) >= 11 is 0. The van der Waals surface area contributed by atoms with Gasteiger partial charge in [0.25, 0.3) is 0 Å². The van der Waals surface area contributed by atoms with Gasteiger partial charge in [-0.25, -0.2) is 9.97 Å². The zero-order valence-electron chi connectivity index (χ0n) is 15.5. The number of furan rings is 1. The second-order valence-electron chi connectivity index (χ2n) is 5.93. The number of fused-ring (bicyclic) bond motifs is 1. The summed E-state index contributed by atoms with van der Waals surface area (Å²) < 4.78 is 17.7. The van der Waals surface area contributed by atoms with E-state index in [1.54, 1.807) is 37.1 Å². The number of nitrogens with zero attached hydrogens (tertiary/aromatic N) is 4. The summed E-state index contributed by atoms with van der Waals surface area (Å²) in [5.74, 6) is 2.98. The molecule has 8 heteroatoms. The van der Waals surface area contributed by atoms with Crippen LogP contribution in [0.15, 0.2) is 53.7 Å². The minimum atomic E-state index is 0.488. The molecule has 8 nitrogen and oxygen atoms in total. The average molecular weight is 377 g/mol. The summed E-state index contributed by atoms with van der Waals surface area (Å²) in [7, 11) is 3.22. The van der Waals surface area contributed by atoms with Crippen molar-refractivity contribution < 1.29 is 13.9 Å². The van der Waals surface area contributed by atoms with Gasteiger partial charge >= 0.3 is 0 Å². The summed E-state index contributed by atoms with van der Waals surface area (Å²) in [5.41, 5.74) is 2.34. The van der Waals surface area contributed by atoms with Crippen LogP contribution in [0.25, 0.3) is 23.3 Å². The third kappa shape index (κ3) is 3.27. The highest BCUT2D eigenvalue weighted by atomic mass is 16.5. The lowest BCUT2D eigenvalue weighted by Gasteiger charge is -2.11. The zero-order valence-corrected chi connectivity index (χ0v) is 15.5. The van der Waals surface area contributed by atoms with Gasteiger partial charge < -0.3 is 19.2 Å². The highest BCUT2D eigenvalue weighted by molar-refractivity contribution is 5.59. The molecule has 0 bridgehead atoms. The summed E-state index contributed by atoms with van der Waals surface area (Å²) in [6.45, 7) is 4.31. The van der Waals surface area contributed by atoms with Crippen LogP contribution in [0.3, 0.4) is 0 Å². The number of nitrogens with one attached hydrogen (secondary N) is 1. The molecule has 0 amide bonds. The van der Waals surface area contributed by atoms with Gasteiger partial charge in [0.15, 0.2) is 22.9 Å². The standard InChI is InChI=1S/C20H19N5O3/c1-4-14-11-18-23-19(16-6-5-9-28-16)24-25(18)20(22-14)21-12-13-7-8-15(26-2)17(10-13)27-3/h4-11H,1,12H2,2-3H3,(H,21,22). The Morgan fingerprint density at radius 3 is 2.71 bits per heavy atom. The second kappa shape index (κ2) is 7.43. The number of hydrogen-bond donors (Lipinski definition) is 1. The van der Waals surface area contributed by atoms with Crippen molar-refractivity contribution in [3.05, 3.63) is 60.5 Å². The van der Waals surface area contributed by atoms with E-state index in [-0.39, 0.29) is 0 Å². The number of methoxy groups -OCH3 is 2. The van der Waals surface area contributed by atoms with E-state index >= 15 is 0 Å². The van der Waals surface area contributed by atoms with Gasteiger partial charge in [0.1, 0.15) is 0 Å². The second-order valence-corrected chi connectivity index (χ2v) is 5.93. The molecule has 0 radical (unpaired) electrons. The van der Waals surface area contributed by atoms with Gasteiger partial charge in [-0.1, -0.05) is 12.6 Å². The monoisotopic (exact) mass is 377 g/mol. The number of anilines is 1. The lowest BCUT2D eigenvalue weighted by Crippen LogP contribution is -2.08. The molecule has 28 heavy (non-hydrogen) atoms. The number of ether oxygens (including phenoxy) is 2. The SMILES string of the molecule is C=Cc1cc2nc(-c3ccco3)nn2c(NCc2ccc(OC)c(OC)c2)n1. The van der Waals surface area contributed by atoms with Crippen LogP contribution in [-0.2, 0) is 6.54 Å². The third-order valence-corrected chi connectivity index (χ3v) is 4.19. The van der Waals surface area contributed by atoms with E-state index in [0.29, 0.717) is 46.9 Å². The van der Waals surface area contributed by atoms with Crippen LogP contribution < -0.4 is 14.8 Å². The van der Waals surface area contributed by atoms with Gasteiger partial charge in [0, 0.05) is 12.6 Å². The number of aromatic nitrogens is 4. The maximum absolute atomic E-state index is 5.40. The van der Waals surface area contributed by atoms with Gasteiger partial charge in [0.05, 0.1) is 26.2 Å². The Morgan fingerprint density at radius 2 is 2.00 bits per heavy atom. The van der Waals surface area contributed by atoms with Gasteiger partial charge in [-0.2, -0.15) is 4.52 Å². The number of rotatable bonds is 7. The highest BCUT2D eigenvalue weighted by Gasteiger charge is 2.13. The molecule has 0 fully saturated rings. The largest absolute Gasteiger partial charge is 0.493 e. The maximum atomic E-state index is 5.40. The molecular weight excluding hydrogens is 358 g/mol. The van der Waals surface area contributed by atoms with Gasteiger partial charge in [-0.05, 0) is 35.9 Å². The quantitative estimate of drug-likeness (QED) is 0.526. The highest BCUT2D eigenvalue weighted by Crippen LogP contribution is 2.28. The fourth-order valence-electron chi connectivity index (χ4n) is 2.81. The first-order valence-corrected chi connectivity index (χ1v) is 8.60. The minimum absolute atomic E-state index is 0.488. The van der Waals surface area contributed by atoms with Crippen LogP contribution in [0, 0.1) is 0 Å². The van der Waals surface area contributed by atoms with E-state index < -0.39 is 0 Å². The van der Waals surface area contributed by atoms with Crippen molar-refractivity contribution in [2.45, 2.75) is 6.54 Å². The van der Waals surface area contributed by atoms with E-state index in [9.17, 15) is 0 Å². The van der Waals surface area contributed by atoms with Crippen molar-refractivity contribution in [1.29, 1.82) is 0 Å². The molecule has 0 saturated carbocycles. The van der Waals surface area contributed by atoms with Gasteiger partial charge in [-0.3, -0.25) is 0 Å². The van der Waals surface area contributed by atoms with Crippen molar-refractivity contribution >= 4 is 17.7 Å². The molecule has 0 unspecified atom stereocenters. The smallest absolute Gasteiger partial charge is 0.226 e. The van der Waals surface area contributed by atoms with Gasteiger partial charge in [-0.15, -0.1) is 5.10 Å². The van der Waals surface area contributed by atoms with Crippen LogP contribution in [-0.4, -0.2) is 33.8 Å². The van der Waals surface area contributed by atoms with E-state index in [1.807, 2.05) is 30.3 Å². The number of hydrogen-bond acceptors (Lipinski definition) is 7. The van der Waals surface area contributed by atoms with Gasteiger partial charge in [0.2, 0.25) is 11.8 Å². The fourth-order valence-corrected chi connectivity index (χ4v) is 2.81. The van der Waals surface area contributed by atoms with Crippen molar-refractivity contribution in [2.75, 3.05) is 19.5 Å². The molecule has 3 aromatic heterocycles. The molecule has 4 rings (SSSR count). The molecule has 0 aliphatic carbocycles. The summed E-state index contributed by atoms with van der Waals surface area (Å²) in [4.78, 5) is 9.07. The zero-order chi connectivity index (χ0) is 19.5. The van der Waals surface area contributed by atoms with Crippen molar-refractivity contribution in [2.24, 2.45) is 0 Å². The van der Waals surface area contributed by atoms with Crippen molar-refractivity contribution in [3.63, 3.8) is 0 Å². The van der Waals surface area contributed by atoms with E-state index in [4.69, 9.17) is 13.9 Å². The molecule has 0 spiro atoms.